The number of aliphatic hydroxyl groups excluding tert-OH is 1. The molecule has 2 aromatic carbocycles. The number of nitrogens with one attached hydrogen (secondary N) is 1. The topological polar surface area (TPSA) is 98.8 Å². The highest BCUT2D eigenvalue weighted by atomic mass is 16.3. The zero-order valence-electron chi connectivity index (χ0n) is 18.5. The summed E-state index contributed by atoms with van der Waals surface area (Å²) in [7, 11) is 2.16. The van der Waals surface area contributed by atoms with Gasteiger partial charge >= 0.3 is 0 Å². The molecule has 0 aromatic heterocycles. The normalized spacial score (nSPS) is 20.7. The standard InChI is InChI=1S/C25H35N3O3/c1-17(27-15-24(30)18-12-13-23(29)22(14-18)25(26)31)21-11-7-6-8-19(21)16-28(2)20-9-4-3-5-10-20/h3-5,9-10,12-14,17,19,21,24,27,29-30H,6-8,11,15-16H2,1-2H3,(H2,26,31)/t17?,19-,21+,24?/m1/s1. The lowest BCUT2D eigenvalue weighted by Crippen LogP contribution is -2.43. The molecular formula is C25H35N3O3. The Morgan fingerprint density at radius 3 is 2.61 bits per heavy atom. The molecule has 0 heterocycles. The molecule has 3 rings (SSSR count). The minimum absolute atomic E-state index is 0.0286. The maximum absolute atomic E-state index is 11.5. The first-order valence-electron chi connectivity index (χ1n) is 11.2. The second kappa shape index (κ2) is 10.6. The van der Waals surface area contributed by atoms with E-state index in [4.69, 9.17) is 5.73 Å². The number of phenols is 1. The van der Waals surface area contributed by atoms with E-state index in [1.165, 1.54) is 43.5 Å². The number of amides is 1. The summed E-state index contributed by atoms with van der Waals surface area (Å²) >= 11 is 0. The number of hydrogen-bond acceptors (Lipinski definition) is 5. The maximum Gasteiger partial charge on any atom is 0.252 e. The van der Waals surface area contributed by atoms with Crippen LogP contribution in [0.2, 0.25) is 0 Å². The lowest BCUT2D eigenvalue weighted by atomic mass is 9.75. The number of aromatic hydroxyl groups is 1. The highest BCUT2D eigenvalue weighted by Gasteiger charge is 2.30. The third-order valence-corrected chi connectivity index (χ3v) is 6.62. The van der Waals surface area contributed by atoms with Crippen molar-refractivity contribution in [2.45, 2.75) is 44.8 Å². The average Bonchev–Trinajstić information content (AvgIpc) is 2.78. The first kappa shape index (κ1) is 23.1. The molecule has 0 bridgehead atoms. The number of para-hydroxylation sites is 1. The summed E-state index contributed by atoms with van der Waals surface area (Å²) in [5, 5.41) is 23.9. The highest BCUT2D eigenvalue weighted by Crippen LogP contribution is 2.34. The maximum atomic E-state index is 11.5. The van der Waals surface area contributed by atoms with Gasteiger partial charge in [-0.3, -0.25) is 4.79 Å². The molecule has 0 spiro atoms. The Morgan fingerprint density at radius 2 is 1.90 bits per heavy atom. The zero-order chi connectivity index (χ0) is 22.4. The fourth-order valence-corrected chi connectivity index (χ4v) is 4.79. The molecule has 4 atom stereocenters. The molecule has 1 aliphatic carbocycles. The Morgan fingerprint density at radius 1 is 1.19 bits per heavy atom. The van der Waals surface area contributed by atoms with Gasteiger partial charge in [0.2, 0.25) is 0 Å². The summed E-state index contributed by atoms with van der Waals surface area (Å²) in [4.78, 5) is 13.8. The second-order valence-corrected chi connectivity index (χ2v) is 8.78. The minimum Gasteiger partial charge on any atom is -0.507 e. The number of carbonyl (C=O) groups excluding carboxylic acids is 1. The van der Waals surface area contributed by atoms with Crippen LogP contribution >= 0.6 is 0 Å². The molecule has 2 unspecified atom stereocenters. The van der Waals surface area contributed by atoms with Crippen LogP contribution in [0.4, 0.5) is 5.69 Å². The summed E-state index contributed by atoms with van der Waals surface area (Å²) in [6.45, 7) is 3.59. The summed E-state index contributed by atoms with van der Waals surface area (Å²) in [6.07, 6.45) is 4.13. The molecule has 1 fully saturated rings. The van der Waals surface area contributed by atoms with Crippen molar-refractivity contribution in [1.29, 1.82) is 0 Å². The molecular weight excluding hydrogens is 390 g/mol. The van der Waals surface area contributed by atoms with Crippen LogP contribution in [-0.4, -0.2) is 42.3 Å². The van der Waals surface area contributed by atoms with Gasteiger partial charge in [-0.1, -0.05) is 37.1 Å². The van der Waals surface area contributed by atoms with Crippen molar-refractivity contribution in [3.63, 3.8) is 0 Å². The number of nitrogens with zero attached hydrogens (tertiary/aromatic N) is 1. The number of rotatable bonds is 9. The predicted molar refractivity (Wildman–Crippen MR) is 124 cm³/mol. The van der Waals surface area contributed by atoms with E-state index in [0.29, 0.717) is 23.9 Å². The monoisotopic (exact) mass is 425 g/mol. The Bertz CT molecular complexity index is 858. The van der Waals surface area contributed by atoms with E-state index >= 15 is 0 Å². The second-order valence-electron chi connectivity index (χ2n) is 8.78. The zero-order valence-corrected chi connectivity index (χ0v) is 18.5. The van der Waals surface area contributed by atoms with Crippen molar-refractivity contribution in [2.24, 2.45) is 17.6 Å². The quantitative estimate of drug-likeness (QED) is 0.493. The largest absolute Gasteiger partial charge is 0.507 e. The third kappa shape index (κ3) is 5.99. The van der Waals surface area contributed by atoms with Crippen LogP contribution in [0, 0.1) is 11.8 Å². The van der Waals surface area contributed by atoms with Crippen molar-refractivity contribution < 1.29 is 15.0 Å². The Balaban J connectivity index is 1.59. The number of hydrogen-bond donors (Lipinski definition) is 4. The van der Waals surface area contributed by atoms with Gasteiger partial charge in [-0.05, 0) is 61.4 Å². The molecule has 5 N–H and O–H groups in total. The van der Waals surface area contributed by atoms with Gasteiger partial charge in [0.05, 0.1) is 11.7 Å². The lowest BCUT2D eigenvalue weighted by molar-refractivity contribution is 0.0997. The number of aliphatic hydroxyl groups is 1. The summed E-state index contributed by atoms with van der Waals surface area (Å²) in [5.74, 6) is 0.250. The third-order valence-electron chi connectivity index (χ3n) is 6.62. The first-order chi connectivity index (χ1) is 14.9. The molecule has 6 nitrogen and oxygen atoms in total. The SMILES string of the molecule is CC(NCC(O)c1ccc(O)c(C(N)=O)c1)[C@@H]1CCCC[C@@H]1CN(C)c1ccccc1. The van der Waals surface area contributed by atoms with Crippen LogP contribution < -0.4 is 16.0 Å². The minimum atomic E-state index is -0.782. The first-order valence-corrected chi connectivity index (χ1v) is 11.2. The molecule has 6 heteroatoms. The molecule has 2 aromatic rings. The number of benzene rings is 2. The van der Waals surface area contributed by atoms with Crippen molar-refractivity contribution in [3.8, 4) is 5.75 Å². The van der Waals surface area contributed by atoms with Crippen LogP contribution in [0.5, 0.6) is 5.75 Å². The van der Waals surface area contributed by atoms with E-state index in [1.54, 1.807) is 6.07 Å². The van der Waals surface area contributed by atoms with Crippen LogP contribution in [0.1, 0.15) is 54.6 Å². The summed E-state index contributed by atoms with van der Waals surface area (Å²) < 4.78 is 0. The molecule has 1 saturated carbocycles. The Labute approximate surface area is 185 Å². The van der Waals surface area contributed by atoms with Crippen molar-refractivity contribution in [2.75, 3.05) is 25.0 Å². The van der Waals surface area contributed by atoms with E-state index in [-0.39, 0.29) is 17.4 Å². The van der Waals surface area contributed by atoms with Gasteiger partial charge in [0.1, 0.15) is 5.75 Å². The molecule has 1 aliphatic rings. The number of anilines is 1. The highest BCUT2D eigenvalue weighted by molar-refractivity contribution is 5.95. The van der Waals surface area contributed by atoms with E-state index in [0.717, 1.165) is 6.54 Å². The van der Waals surface area contributed by atoms with Crippen LogP contribution in [-0.2, 0) is 0 Å². The molecule has 31 heavy (non-hydrogen) atoms. The number of primary amides is 1. The summed E-state index contributed by atoms with van der Waals surface area (Å²) in [6, 6.07) is 15.2. The lowest BCUT2D eigenvalue weighted by Gasteiger charge is -2.39. The Hall–Kier alpha value is -2.57. The van der Waals surface area contributed by atoms with Gasteiger partial charge < -0.3 is 26.2 Å². The molecule has 0 saturated heterocycles. The van der Waals surface area contributed by atoms with Gasteiger partial charge in [-0.25, -0.2) is 0 Å². The Kier molecular flexibility index (Phi) is 7.93. The number of carbonyl (C=O) groups is 1. The smallest absolute Gasteiger partial charge is 0.252 e. The average molecular weight is 426 g/mol. The van der Waals surface area contributed by atoms with Gasteiger partial charge in [-0.2, -0.15) is 0 Å². The van der Waals surface area contributed by atoms with Crippen LogP contribution in [0.15, 0.2) is 48.5 Å². The van der Waals surface area contributed by atoms with Gasteiger partial charge in [0, 0.05) is 31.9 Å². The number of nitrogens with two attached hydrogens (primary N) is 1. The van der Waals surface area contributed by atoms with Gasteiger partial charge in [-0.15, -0.1) is 0 Å². The van der Waals surface area contributed by atoms with Crippen LogP contribution in [0.3, 0.4) is 0 Å². The van der Waals surface area contributed by atoms with E-state index in [1.807, 2.05) is 6.07 Å². The molecule has 0 aliphatic heterocycles. The van der Waals surface area contributed by atoms with E-state index in [2.05, 4.69) is 48.5 Å². The van der Waals surface area contributed by atoms with Crippen molar-refractivity contribution in [3.05, 3.63) is 59.7 Å². The summed E-state index contributed by atoms with van der Waals surface area (Å²) in [5.41, 5.74) is 7.13. The molecule has 1 amide bonds. The predicted octanol–water partition coefficient (Wildman–Crippen LogP) is 3.45. The fraction of sp³-hybridized carbons (Fsp3) is 0.480. The fourth-order valence-electron chi connectivity index (χ4n) is 4.79. The van der Waals surface area contributed by atoms with Crippen molar-refractivity contribution >= 4 is 11.6 Å². The van der Waals surface area contributed by atoms with Gasteiger partial charge in [0.25, 0.3) is 5.91 Å². The van der Waals surface area contributed by atoms with Gasteiger partial charge in [0.15, 0.2) is 0 Å². The van der Waals surface area contributed by atoms with Crippen LogP contribution in [0.25, 0.3) is 0 Å². The van der Waals surface area contributed by atoms with E-state index < -0.39 is 12.0 Å². The molecule has 0 radical (unpaired) electrons. The molecule has 168 valence electrons. The van der Waals surface area contributed by atoms with Crippen molar-refractivity contribution in [1.82, 2.24) is 5.32 Å². The van der Waals surface area contributed by atoms with E-state index in [9.17, 15) is 15.0 Å².